The summed E-state index contributed by atoms with van der Waals surface area (Å²) in [5.41, 5.74) is -2.66. The van der Waals surface area contributed by atoms with Crippen LogP contribution in [0.1, 0.15) is 27.7 Å². The first-order valence-corrected chi connectivity index (χ1v) is 6.65. The number of carboxylic acid groups (broad SMARTS) is 1. The lowest BCUT2D eigenvalue weighted by Gasteiger charge is -2.47. The van der Waals surface area contributed by atoms with E-state index in [4.69, 9.17) is 6.42 Å². The number of nitrogens with zero attached hydrogens (tertiary/aromatic N) is 1. The van der Waals surface area contributed by atoms with Crippen molar-refractivity contribution in [2.45, 2.75) is 51.6 Å². The van der Waals surface area contributed by atoms with Crippen LogP contribution >= 0.6 is 0 Å². The highest BCUT2D eigenvalue weighted by Gasteiger charge is 2.47. The minimum absolute atomic E-state index is 0.267. The smallest absolute Gasteiger partial charge is 0.431 e. The fraction of sp³-hybridized carbons (Fsp3) is 0.533. The van der Waals surface area contributed by atoms with Gasteiger partial charge < -0.3 is 14.8 Å². The lowest BCUT2D eigenvalue weighted by Crippen LogP contribution is -2.61. The van der Waals surface area contributed by atoms with Crippen molar-refractivity contribution in [1.29, 1.82) is 0 Å². The number of aliphatic carboxylic acids is 1. The van der Waals surface area contributed by atoms with E-state index in [9.17, 15) is 23.1 Å². The molecule has 0 amide bonds. The van der Waals surface area contributed by atoms with Crippen LogP contribution < -0.4 is 10.4 Å². The topological polar surface area (TPSA) is 55.4 Å². The Kier molecular flexibility index (Phi) is 4.98. The maximum Gasteiger partial charge on any atom is 0.431 e. The largest absolute Gasteiger partial charge is 0.545 e. The Labute approximate surface area is 127 Å². The van der Waals surface area contributed by atoms with Gasteiger partial charge in [0.25, 0.3) is 0 Å². The first-order chi connectivity index (χ1) is 9.91. The summed E-state index contributed by atoms with van der Waals surface area (Å²) in [5, 5.41) is 14.1. The minimum Gasteiger partial charge on any atom is -0.545 e. The third-order valence-electron chi connectivity index (χ3n) is 3.21. The standard InChI is InChI=1S/C15H19F3N2O2/c1-6-14(4,5)20-11(15(16,17)18)8-7-10(13(21)22)12(20)19-9(2)3/h1,7-9,12,19H,2-5H3,(H,21,22)/p-1. The summed E-state index contributed by atoms with van der Waals surface area (Å²) in [4.78, 5) is 12.1. The summed E-state index contributed by atoms with van der Waals surface area (Å²) < 4.78 is 39.9. The van der Waals surface area contributed by atoms with Gasteiger partial charge in [-0.25, -0.2) is 0 Å². The normalized spacial score (nSPS) is 19.6. The van der Waals surface area contributed by atoms with E-state index in [1.54, 1.807) is 13.8 Å². The molecule has 1 unspecified atom stereocenters. The Hall–Kier alpha value is -1.94. The number of carbonyl (C=O) groups is 1. The number of terminal acetylenes is 1. The van der Waals surface area contributed by atoms with Crippen molar-refractivity contribution >= 4 is 5.97 Å². The van der Waals surface area contributed by atoms with Crippen molar-refractivity contribution in [3.8, 4) is 12.3 Å². The van der Waals surface area contributed by atoms with Gasteiger partial charge in [0.1, 0.15) is 11.9 Å². The quantitative estimate of drug-likeness (QED) is 0.791. The second kappa shape index (κ2) is 6.05. The molecular formula is C15H18F3N2O2-. The van der Waals surface area contributed by atoms with Gasteiger partial charge in [-0.3, -0.25) is 5.32 Å². The van der Waals surface area contributed by atoms with Crippen molar-refractivity contribution in [1.82, 2.24) is 10.2 Å². The predicted molar refractivity (Wildman–Crippen MR) is 74.0 cm³/mol. The van der Waals surface area contributed by atoms with Gasteiger partial charge in [-0.15, -0.1) is 6.42 Å². The molecule has 0 aliphatic carbocycles. The highest BCUT2D eigenvalue weighted by atomic mass is 19.4. The average Bonchev–Trinajstić information content (AvgIpc) is 2.35. The van der Waals surface area contributed by atoms with E-state index in [-0.39, 0.29) is 11.6 Å². The maximum absolute atomic E-state index is 13.3. The molecule has 1 aliphatic rings. The van der Waals surface area contributed by atoms with Gasteiger partial charge in [0.2, 0.25) is 0 Å². The lowest BCUT2D eigenvalue weighted by atomic mass is 9.95. The van der Waals surface area contributed by atoms with E-state index in [2.05, 4.69) is 11.2 Å². The number of carbonyl (C=O) groups excluding carboxylic acids is 1. The second-order valence-corrected chi connectivity index (χ2v) is 5.76. The van der Waals surface area contributed by atoms with E-state index < -0.39 is 29.5 Å². The van der Waals surface area contributed by atoms with E-state index in [1.165, 1.54) is 13.8 Å². The van der Waals surface area contributed by atoms with E-state index >= 15 is 0 Å². The molecule has 1 heterocycles. The molecule has 122 valence electrons. The number of nitrogens with one attached hydrogen (secondary N) is 1. The summed E-state index contributed by atoms with van der Waals surface area (Å²) in [6.45, 7) is 6.22. The van der Waals surface area contributed by atoms with Crippen molar-refractivity contribution in [2.75, 3.05) is 0 Å². The Balaban J connectivity index is 3.52. The second-order valence-electron chi connectivity index (χ2n) is 5.76. The SMILES string of the molecule is C#CC(C)(C)N1C(C(F)(F)F)=CC=C(C(=O)[O-])C1NC(C)C. The number of carboxylic acids is 1. The maximum atomic E-state index is 13.3. The molecule has 0 aromatic heterocycles. The third-order valence-corrected chi connectivity index (χ3v) is 3.21. The number of alkyl halides is 3. The van der Waals surface area contributed by atoms with Gasteiger partial charge in [-0.1, -0.05) is 12.0 Å². The number of halogens is 3. The van der Waals surface area contributed by atoms with Crippen LogP contribution in [-0.2, 0) is 4.79 Å². The molecule has 0 bridgehead atoms. The van der Waals surface area contributed by atoms with Gasteiger partial charge in [-0.2, -0.15) is 13.2 Å². The van der Waals surface area contributed by atoms with E-state index in [1.807, 2.05) is 0 Å². The zero-order valence-corrected chi connectivity index (χ0v) is 12.8. The fourth-order valence-electron chi connectivity index (χ4n) is 2.20. The molecule has 1 aliphatic heterocycles. The van der Waals surface area contributed by atoms with Crippen molar-refractivity contribution in [3.63, 3.8) is 0 Å². The van der Waals surface area contributed by atoms with Crippen LogP contribution in [0.2, 0.25) is 0 Å². The van der Waals surface area contributed by atoms with Crippen molar-refractivity contribution in [2.24, 2.45) is 0 Å². The molecule has 0 aromatic carbocycles. The molecule has 4 nitrogen and oxygen atoms in total. The number of hydrogen-bond donors (Lipinski definition) is 1. The molecule has 0 saturated carbocycles. The van der Waals surface area contributed by atoms with Crippen LogP contribution in [0.15, 0.2) is 23.4 Å². The monoisotopic (exact) mass is 315 g/mol. The van der Waals surface area contributed by atoms with Crippen LogP contribution in [0.25, 0.3) is 0 Å². The van der Waals surface area contributed by atoms with Crippen LogP contribution in [0.5, 0.6) is 0 Å². The van der Waals surface area contributed by atoms with Crippen molar-refractivity contribution in [3.05, 3.63) is 23.4 Å². The van der Waals surface area contributed by atoms with E-state index in [0.29, 0.717) is 6.08 Å². The first-order valence-electron chi connectivity index (χ1n) is 6.65. The highest BCUT2D eigenvalue weighted by Crippen LogP contribution is 2.38. The summed E-state index contributed by atoms with van der Waals surface area (Å²) in [6, 6.07) is -0.267. The molecule has 0 spiro atoms. The van der Waals surface area contributed by atoms with Gasteiger partial charge in [0.15, 0.2) is 0 Å². The number of rotatable bonds is 4. The third kappa shape index (κ3) is 3.63. The lowest BCUT2D eigenvalue weighted by molar-refractivity contribution is -0.300. The molecule has 22 heavy (non-hydrogen) atoms. The Morgan fingerprint density at radius 2 is 1.95 bits per heavy atom. The minimum atomic E-state index is -4.67. The van der Waals surface area contributed by atoms with Gasteiger partial charge in [0, 0.05) is 11.6 Å². The fourth-order valence-corrected chi connectivity index (χ4v) is 2.20. The van der Waals surface area contributed by atoms with Gasteiger partial charge in [-0.05, 0) is 33.8 Å². The molecule has 0 radical (unpaired) electrons. The molecule has 7 heteroatoms. The summed E-state index contributed by atoms with van der Waals surface area (Å²) in [5.74, 6) is 0.733. The molecular weight excluding hydrogens is 297 g/mol. The predicted octanol–water partition coefficient (Wildman–Crippen LogP) is 1.16. The average molecular weight is 315 g/mol. The van der Waals surface area contributed by atoms with Crippen LogP contribution in [0, 0.1) is 12.3 Å². The molecule has 1 atom stereocenters. The Bertz CT molecular complexity index is 554. The summed E-state index contributed by atoms with van der Waals surface area (Å²) in [6.07, 6.45) is 1.07. The molecule has 1 N–H and O–H groups in total. The number of hydrogen-bond acceptors (Lipinski definition) is 4. The Morgan fingerprint density at radius 1 is 1.41 bits per heavy atom. The van der Waals surface area contributed by atoms with Crippen LogP contribution in [-0.4, -0.2) is 34.8 Å². The highest BCUT2D eigenvalue weighted by molar-refractivity contribution is 5.87. The molecule has 0 aromatic rings. The van der Waals surface area contributed by atoms with E-state index in [0.717, 1.165) is 11.0 Å². The molecule has 0 saturated heterocycles. The van der Waals surface area contributed by atoms with Crippen LogP contribution in [0.4, 0.5) is 13.2 Å². The molecule has 0 fully saturated rings. The summed E-state index contributed by atoms with van der Waals surface area (Å²) >= 11 is 0. The zero-order valence-electron chi connectivity index (χ0n) is 12.8. The van der Waals surface area contributed by atoms with Crippen molar-refractivity contribution < 1.29 is 23.1 Å². The molecule has 1 rings (SSSR count). The van der Waals surface area contributed by atoms with Crippen LogP contribution in [0.3, 0.4) is 0 Å². The van der Waals surface area contributed by atoms with Gasteiger partial charge in [0.05, 0.1) is 11.5 Å². The van der Waals surface area contributed by atoms with Gasteiger partial charge >= 0.3 is 6.18 Å². The zero-order chi connectivity index (χ0) is 17.3. The summed E-state index contributed by atoms with van der Waals surface area (Å²) in [7, 11) is 0. The first kappa shape index (κ1) is 18.1. The Morgan fingerprint density at radius 3 is 2.32 bits per heavy atom. The number of allylic oxidation sites excluding steroid dienone is 3.